The molecule has 2 N–H and O–H groups in total. The summed E-state index contributed by atoms with van der Waals surface area (Å²) in [4.78, 5) is 0. The van der Waals surface area contributed by atoms with E-state index in [1.807, 2.05) is 12.1 Å². The lowest BCUT2D eigenvalue weighted by atomic mass is 10.1. The van der Waals surface area contributed by atoms with Crippen LogP contribution in [0.4, 0.5) is 5.69 Å². The van der Waals surface area contributed by atoms with Gasteiger partial charge in [-0.15, -0.1) is 0 Å². The molecule has 0 spiro atoms. The van der Waals surface area contributed by atoms with E-state index in [4.69, 9.17) is 22.1 Å². The molecule has 0 aliphatic heterocycles. The largest absolute Gasteiger partial charge is 0.488 e. The standard InChI is InChI=1S/C16H18ClNO/c1-10-6-11(2)16(12(3)7-10)19-9-13-4-5-14(18)8-15(13)17/h4-8H,9,18H2,1-3H3. The Kier molecular flexibility index (Phi) is 4.01. The van der Waals surface area contributed by atoms with Gasteiger partial charge in [-0.25, -0.2) is 0 Å². The number of rotatable bonds is 3. The van der Waals surface area contributed by atoms with Crippen LogP contribution in [-0.2, 0) is 6.61 Å². The molecule has 0 aliphatic rings. The first-order valence-corrected chi connectivity index (χ1v) is 6.59. The van der Waals surface area contributed by atoms with Crippen molar-refractivity contribution in [2.24, 2.45) is 0 Å². The quantitative estimate of drug-likeness (QED) is 0.841. The average molecular weight is 276 g/mol. The highest BCUT2D eigenvalue weighted by molar-refractivity contribution is 6.31. The predicted octanol–water partition coefficient (Wildman–Crippen LogP) is 4.43. The zero-order valence-corrected chi connectivity index (χ0v) is 12.2. The van der Waals surface area contributed by atoms with Crippen molar-refractivity contribution in [2.75, 3.05) is 5.73 Å². The van der Waals surface area contributed by atoms with Gasteiger partial charge >= 0.3 is 0 Å². The van der Waals surface area contributed by atoms with Gasteiger partial charge in [-0.1, -0.05) is 35.4 Å². The van der Waals surface area contributed by atoms with Crippen molar-refractivity contribution in [1.29, 1.82) is 0 Å². The van der Waals surface area contributed by atoms with E-state index in [-0.39, 0.29) is 0 Å². The van der Waals surface area contributed by atoms with Crippen molar-refractivity contribution in [2.45, 2.75) is 27.4 Å². The summed E-state index contributed by atoms with van der Waals surface area (Å²) in [7, 11) is 0. The maximum absolute atomic E-state index is 6.14. The summed E-state index contributed by atoms with van der Waals surface area (Å²) in [5, 5.41) is 0.641. The van der Waals surface area contributed by atoms with E-state index in [1.165, 1.54) is 5.56 Å². The molecule has 0 atom stereocenters. The molecular weight excluding hydrogens is 258 g/mol. The fraction of sp³-hybridized carbons (Fsp3) is 0.250. The van der Waals surface area contributed by atoms with Gasteiger partial charge in [0.05, 0.1) is 0 Å². The summed E-state index contributed by atoms with van der Waals surface area (Å²) < 4.78 is 5.90. The molecule has 2 aromatic carbocycles. The minimum atomic E-state index is 0.448. The summed E-state index contributed by atoms with van der Waals surface area (Å²) >= 11 is 6.14. The van der Waals surface area contributed by atoms with Crippen molar-refractivity contribution in [3.8, 4) is 5.75 Å². The third-order valence-electron chi connectivity index (χ3n) is 3.05. The van der Waals surface area contributed by atoms with Crippen LogP contribution >= 0.6 is 11.6 Å². The maximum atomic E-state index is 6.14. The third-order valence-corrected chi connectivity index (χ3v) is 3.41. The van der Waals surface area contributed by atoms with Crippen LogP contribution in [0.15, 0.2) is 30.3 Å². The fourth-order valence-electron chi connectivity index (χ4n) is 2.22. The van der Waals surface area contributed by atoms with E-state index < -0.39 is 0 Å². The summed E-state index contributed by atoms with van der Waals surface area (Å²) in [6.07, 6.45) is 0. The van der Waals surface area contributed by atoms with Crippen molar-refractivity contribution in [3.05, 3.63) is 57.6 Å². The number of ether oxygens (including phenoxy) is 1. The van der Waals surface area contributed by atoms with Gasteiger partial charge in [0.25, 0.3) is 0 Å². The van der Waals surface area contributed by atoms with E-state index in [2.05, 4.69) is 32.9 Å². The van der Waals surface area contributed by atoms with E-state index in [9.17, 15) is 0 Å². The van der Waals surface area contributed by atoms with E-state index in [0.717, 1.165) is 22.4 Å². The third kappa shape index (κ3) is 3.21. The molecular formula is C16H18ClNO. The summed E-state index contributed by atoms with van der Waals surface area (Å²) in [5.74, 6) is 0.929. The lowest BCUT2D eigenvalue weighted by molar-refractivity contribution is 0.302. The van der Waals surface area contributed by atoms with Gasteiger partial charge in [0.1, 0.15) is 12.4 Å². The Balaban J connectivity index is 2.19. The number of hydrogen-bond acceptors (Lipinski definition) is 2. The molecule has 0 aromatic heterocycles. The Labute approximate surface area is 119 Å². The Bertz CT molecular complexity index is 585. The molecule has 0 amide bonds. The zero-order chi connectivity index (χ0) is 14.0. The van der Waals surface area contributed by atoms with Crippen molar-refractivity contribution >= 4 is 17.3 Å². The lowest BCUT2D eigenvalue weighted by Gasteiger charge is -2.14. The predicted molar refractivity (Wildman–Crippen MR) is 80.8 cm³/mol. The zero-order valence-electron chi connectivity index (χ0n) is 11.5. The van der Waals surface area contributed by atoms with Crippen molar-refractivity contribution in [1.82, 2.24) is 0 Å². The van der Waals surface area contributed by atoms with E-state index in [0.29, 0.717) is 17.3 Å². The second-order valence-electron chi connectivity index (χ2n) is 4.87. The van der Waals surface area contributed by atoms with Crippen molar-refractivity contribution < 1.29 is 4.74 Å². The van der Waals surface area contributed by atoms with Crippen LogP contribution in [0.25, 0.3) is 0 Å². The first kappa shape index (κ1) is 13.8. The average Bonchev–Trinajstić information content (AvgIpc) is 2.30. The molecule has 2 rings (SSSR count). The van der Waals surface area contributed by atoms with Crippen molar-refractivity contribution in [3.63, 3.8) is 0 Å². The number of aryl methyl sites for hydroxylation is 3. The highest BCUT2D eigenvalue weighted by Gasteiger charge is 2.07. The highest BCUT2D eigenvalue weighted by Crippen LogP contribution is 2.27. The minimum Gasteiger partial charge on any atom is -0.488 e. The van der Waals surface area contributed by atoms with Crippen LogP contribution in [0.2, 0.25) is 5.02 Å². The smallest absolute Gasteiger partial charge is 0.125 e. The molecule has 19 heavy (non-hydrogen) atoms. The van der Waals surface area contributed by atoms with Crippen LogP contribution in [0, 0.1) is 20.8 Å². The van der Waals surface area contributed by atoms with Crippen LogP contribution in [-0.4, -0.2) is 0 Å². The second-order valence-corrected chi connectivity index (χ2v) is 5.27. The van der Waals surface area contributed by atoms with Gasteiger partial charge in [-0.05, 0) is 44.0 Å². The van der Waals surface area contributed by atoms with Crippen LogP contribution in [0.1, 0.15) is 22.3 Å². The van der Waals surface area contributed by atoms with Gasteiger partial charge < -0.3 is 10.5 Å². The Hall–Kier alpha value is -1.67. The number of nitrogen functional groups attached to an aromatic ring is 1. The molecule has 2 nitrogen and oxygen atoms in total. The number of nitrogens with two attached hydrogens (primary N) is 1. The van der Waals surface area contributed by atoms with E-state index in [1.54, 1.807) is 6.07 Å². The summed E-state index contributed by atoms with van der Waals surface area (Å²) in [6.45, 7) is 6.64. The van der Waals surface area contributed by atoms with Gasteiger partial charge in [0.15, 0.2) is 0 Å². The minimum absolute atomic E-state index is 0.448. The lowest BCUT2D eigenvalue weighted by Crippen LogP contribution is -2.00. The van der Waals surface area contributed by atoms with Crippen LogP contribution < -0.4 is 10.5 Å². The fourth-order valence-corrected chi connectivity index (χ4v) is 2.47. The van der Waals surface area contributed by atoms with E-state index >= 15 is 0 Å². The molecule has 0 fully saturated rings. The molecule has 0 heterocycles. The number of hydrogen-bond donors (Lipinski definition) is 1. The summed E-state index contributed by atoms with van der Waals surface area (Å²) in [6, 6.07) is 9.71. The molecule has 2 aromatic rings. The molecule has 0 aliphatic carbocycles. The number of halogens is 1. The first-order chi connectivity index (χ1) is 8.97. The Morgan fingerprint density at radius 1 is 1.05 bits per heavy atom. The van der Waals surface area contributed by atoms with Gasteiger partial charge in [0.2, 0.25) is 0 Å². The molecule has 3 heteroatoms. The van der Waals surface area contributed by atoms with Crippen LogP contribution in [0.3, 0.4) is 0 Å². The molecule has 0 saturated carbocycles. The van der Waals surface area contributed by atoms with Gasteiger partial charge in [-0.2, -0.15) is 0 Å². The summed E-state index contributed by atoms with van der Waals surface area (Å²) in [5.41, 5.74) is 10.8. The highest BCUT2D eigenvalue weighted by atomic mass is 35.5. The molecule has 0 bridgehead atoms. The molecule has 100 valence electrons. The van der Waals surface area contributed by atoms with Gasteiger partial charge in [-0.3, -0.25) is 0 Å². The Morgan fingerprint density at radius 3 is 2.26 bits per heavy atom. The number of anilines is 1. The number of benzene rings is 2. The molecule has 0 radical (unpaired) electrons. The molecule has 0 saturated heterocycles. The monoisotopic (exact) mass is 275 g/mol. The normalized spacial score (nSPS) is 10.5. The van der Waals surface area contributed by atoms with Crippen LogP contribution in [0.5, 0.6) is 5.75 Å². The maximum Gasteiger partial charge on any atom is 0.125 e. The Morgan fingerprint density at radius 2 is 1.68 bits per heavy atom. The van der Waals surface area contributed by atoms with Gasteiger partial charge in [0, 0.05) is 16.3 Å². The SMILES string of the molecule is Cc1cc(C)c(OCc2ccc(N)cc2Cl)c(C)c1. The molecule has 0 unspecified atom stereocenters. The second kappa shape index (κ2) is 5.54. The topological polar surface area (TPSA) is 35.2 Å². The first-order valence-electron chi connectivity index (χ1n) is 6.22.